The molecule has 162 valence electrons. The third-order valence-electron chi connectivity index (χ3n) is 5.27. The van der Waals surface area contributed by atoms with Crippen molar-refractivity contribution < 1.29 is 18.0 Å². The highest BCUT2D eigenvalue weighted by molar-refractivity contribution is 7.91. The summed E-state index contributed by atoms with van der Waals surface area (Å²) < 4.78 is 27.2. The number of hydrogen-bond acceptors (Lipinski definition) is 5. The SMILES string of the molecule is CCN(CC)C(=O)c1cccc(NC(=O)C2CCCN(S(=O)(=O)c3cccs3)C2)c1. The van der Waals surface area contributed by atoms with Gasteiger partial charge in [0.2, 0.25) is 5.91 Å². The smallest absolute Gasteiger partial charge is 0.253 e. The average molecular weight is 450 g/mol. The third-order valence-corrected chi connectivity index (χ3v) is 8.51. The van der Waals surface area contributed by atoms with Crippen molar-refractivity contribution in [1.29, 1.82) is 0 Å². The fourth-order valence-corrected chi connectivity index (χ4v) is 6.25. The van der Waals surface area contributed by atoms with E-state index in [9.17, 15) is 18.0 Å². The number of carbonyl (C=O) groups is 2. The lowest BCUT2D eigenvalue weighted by molar-refractivity contribution is -0.120. The van der Waals surface area contributed by atoms with Gasteiger partial charge in [0.05, 0.1) is 5.92 Å². The van der Waals surface area contributed by atoms with Crippen molar-refractivity contribution in [3.8, 4) is 0 Å². The van der Waals surface area contributed by atoms with Gasteiger partial charge in [0, 0.05) is 37.4 Å². The van der Waals surface area contributed by atoms with E-state index in [1.54, 1.807) is 46.7 Å². The molecule has 1 aromatic heterocycles. The predicted molar refractivity (Wildman–Crippen MR) is 118 cm³/mol. The Kier molecular flexibility index (Phi) is 7.27. The van der Waals surface area contributed by atoms with Crippen LogP contribution in [0.3, 0.4) is 0 Å². The number of hydrogen-bond donors (Lipinski definition) is 1. The van der Waals surface area contributed by atoms with Crippen LogP contribution < -0.4 is 5.32 Å². The zero-order chi connectivity index (χ0) is 21.7. The Morgan fingerprint density at radius 2 is 1.97 bits per heavy atom. The van der Waals surface area contributed by atoms with Crippen molar-refractivity contribution >= 4 is 38.9 Å². The molecule has 2 amide bonds. The Morgan fingerprint density at radius 3 is 2.63 bits per heavy atom. The van der Waals surface area contributed by atoms with E-state index >= 15 is 0 Å². The molecule has 1 N–H and O–H groups in total. The molecule has 9 heteroatoms. The van der Waals surface area contributed by atoms with Crippen LogP contribution in [0.1, 0.15) is 37.0 Å². The zero-order valence-electron chi connectivity index (χ0n) is 17.2. The van der Waals surface area contributed by atoms with Crippen molar-refractivity contribution in [2.24, 2.45) is 5.92 Å². The lowest BCUT2D eigenvalue weighted by Crippen LogP contribution is -2.43. The largest absolute Gasteiger partial charge is 0.339 e. The Balaban J connectivity index is 1.69. The predicted octanol–water partition coefficient (Wildman–Crippen LogP) is 3.27. The molecule has 1 aliphatic heterocycles. The molecule has 0 aliphatic carbocycles. The Hall–Kier alpha value is -2.23. The number of rotatable bonds is 7. The number of amides is 2. The molecule has 1 aliphatic rings. The van der Waals surface area contributed by atoms with E-state index < -0.39 is 15.9 Å². The summed E-state index contributed by atoms with van der Waals surface area (Å²) in [5, 5.41) is 4.59. The summed E-state index contributed by atoms with van der Waals surface area (Å²) >= 11 is 1.18. The van der Waals surface area contributed by atoms with Gasteiger partial charge in [-0.2, -0.15) is 4.31 Å². The minimum absolute atomic E-state index is 0.0815. The summed E-state index contributed by atoms with van der Waals surface area (Å²) in [5.41, 5.74) is 1.05. The first-order valence-corrected chi connectivity index (χ1v) is 12.4. The van der Waals surface area contributed by atoms with E-state index in [1.807, 2.05) is 13.8 Å². The molecule has 30 heavy (non-hydrogen) atoms. The van der Waals surface area contributed by atoms with E-state index in [4.69, 9.17) is 0 Å². The number of benzene rings is 1. The van der Waals surface area contributed by atoms with Crippen LogP contribution >= 0.6 is 11.3 Å². The van der Waals surface area contributed by atoms with Gasteiger partial charge in [-0.15, -0.1) is 11.3 Å². The zero-order valence-corrected chi connectivity index (χ0v) is 18.8. The molecular formula is C21H27N3O4S2. The van der Waals surface area contributed by atoms with Crippen LogP contribution in [0.2, 0.25) is 0 Å². The highest BCUT2D eigenvalue weighted by Crippen LogP contribution is 2.27. The van der Waals surface area contributed by atoms with Crippen molar-refractivity contribution in [2.75, 3.05) is 31.5 Å². The minimum Gasteiger partial charge on any atom is -0.339 e. The number of anilines is 1. The Bertz CT molecular complexity index is 985. The normalized spacial score (nSPS) is 17.5. The maximum atomic E-state index is 12.8. The van der Waals surface area contributed by atoms with Crippen molar-refractivity contribution in [1.82, 2.24) is 9.21 Å². The quantitative estimate of drug-likeness (QED) is 0.703. The van der Waals surface area contributed by atoms with Crippen LogP contribution in [0.25, 0.3) is 0 Å². The number of piperidine rings is 1. The summed E-state index contributed by atoms with van der Waals surface area (Å²) in [6.07, 6.45) is 1.25. The van der Waals surface area contributed by atoms with Gasteiger partial charge in [0.25, 0.3) is 15.9 Å². The van der Waals surface area contributed by atoms with Gasteiger partial charge in [-0.25, -0.2) is 8.42 Å². The highest BCUT2D eigenvalue weighted by atomic mass is 32.2. The Morgan fingerprint density at radius 1 is 1.20 bits per heavy atom. The molecule has 1 saturated heterocycles. The van der Waals surface area contributed by atoms with E-state index in [2.05, 4.69) is 5.32 Å². The first-order valence-electron chi connectivity index (χ1n) is 10.1. The summed E-state index contributed by atoms with van der Waals surface area (Å²) in [4.78, 5) is 27.1. The molecule has 1 fully saturated rings. The second kappa shape index (κ2) is 9.72. The fourth-order valence-electron chi connectivity index (χ4n) is 3.58. The topological polar surface area (TPSA) is 86.8 Å². The highest BCUT2D eigenvalue weighted by Gasteiger charge is 2.33. The molecule has 1 atom stereocenters. The van der Waals surface area contributed by atoms with Crippen LogP contribution in [0.15, 0.2) is 46.0 Å². The molecule has 0 bridgehead atoms. The van der Waals surface area contributed by atoms with Gasteiger partial charge < -0.3 is 10.2 Å². The second-order valence-corrected chi connectivity index (χ2v) is 10.3. The van der Waals surface area contributed by atoms with E-state index in [0.29, 0.717) is 47.9 Å². The molecular weight excluding hydrogens is 422 g/mol. The van der Waals surface area contributed by atoms with E-state index in [-0.39, 0.29) is 18.4 Å². The van der Waals surface area contributed by atoms with Crippen molar-refractivity contribution in [3.63, 3.8) is 0 Å². The number of carbonyl (C=O) groups excluding carboxylic acids is 2. The van der Waals surface area contributed by atoms with E-state index in [1.165, 1.54) is 15.6 Å². The van der Waals surface area contributed by atoms with Crippen molar-refractivity contribution in [3.05, 3.63) is 47.3 Å². The summed E-state index contributed by atoms with van der Waals surface area (Å²) in [5.74, 6) is -0.744. The molecule has 2 heterocycles. The van der Waals surface area contributed by atoms with Gasteiger partial charge in [-0.3, -0.25) is 9.59 Å². The lowest BCUT2D eigenvalue weighted by Gasteiger charge is -2.30. The van der Waals surface area contributed by atoms with Crippen LogP contribution in [-0.2, 0) is 14.8 Å². The van der Waals surface area contributed by atoms with Crippen molar-refractivity contribution in [2.45, 2.75) is 30.9 Å². The molecule has 1 aromatic carbocycles. The monoisotopic (exact) mass is 449 g/mol. The van der Waals surface area contributed by atoms with Gasteiger partial charge in [-0.05, 0) is 56.3 Å². The van der Waals surface area contributed by atoms with Crippen LogP contribution in [0, 0.1) is 5.92 Å². The maximum absolute atomic E-state index is 12.8. The Labute approximate surface area is 181 Å². The molecule has 3 rings (SSSR count). The van der Waals surface area contributed by atoms with Gasteiger partial charge in [0.15, 0.2) is 0 Å². The summed E-state index contributed by atoms with van der Waals surface area (Å²) in [6, 6.07) is 10.2. The van der Waals surface area contributed by atoms with Crippen LogP contribution in [0.4, 0.5) is 5.69 Å². The van der Waals surface area contributed by atoms with Crippen LogP contribution in [0.5, 0.6) is 0 Å². The van der Waals surface area contributed by atoms with Crippen LogP contribution in [-0.4, -0.2) is 55.6 Å². The number of sulfonamides is 1. The first kappa shape index (κ1) is 22.5. The molecule has 0 spiro atoms. The fraction of sp³-hybridized carbons (Fsp3) is 0.429. The number of thiophene rings is 1. The summed E-state index contributed by atoms with van der Waals surface area (Å²) in [7, 11) is -3.57. The van der Waals surface area contributed by atoms with Gasteiger partial charge >= 0.3 is 0 Å². The second-order valence-electron chi connectivity index (χ2n) is 7.18. The maximum Gasteiger partial charge on any atom is 0.253 e. The standard InChI is InChI=1S/C21H27N3O4S2/c1-3-23(4-2)21(26)16-8-5-10-18(14-16)22-20(25)17-9-6-12-24(15-17)30(27,28)19-11-7-13-29-19/h5,7-8,10-11,13-14,17H,3-4,6,9,12,15H2,1-2H3,(H,22,25). The minimum atomic E-state index is -3.57. The van der Waals surface area contributed by atoms with Gasteiger partial charge in [-0.1, -0.05) is 12.1 Å². The number of nitrogens with zero attached hydrogens (tertiary/aromatic N) is 2. The molecule has 2 aromatic rings. The number of nitrogens with one attached hydrogen (secondary N) is 1. The average Bonchev–Trinajstić information content (AvgIpc) is 3.31. The third kappa shape index (κ3) is 4.91. The van der Waals surface area contributed by atoms with Gasteiger partial charge in [0.1, 0.15) is 4.21 Å². The summed E-state index contributed by atoms with van der Waals surface area (Å²) in [6.45, 7) is 5.64. The van der Waals surface area contributed by atoms with E-state index in [0.717, 1.165) is 0 Å². The first-order chi connectivity index (χ1) is 14.4. The molecule has 1 unspecified atom stereocenters. The molecule has 7 nitrogen and oxygen atoms in total. The molecule has 0 radical (unpaired) electrons. The molecule has 0 saturated carbocycles. The lowest BCUT2D eigenvalue weighted by atomic mass is 9.98.